The molecule has 2 aromatic heterocycles. The van der Waals surface area contributed by atoms with Crippen LogP contribution in [0.2, 0.25) is 0 Å². The van der Waals surface area contributed by atoms with Gasteiger partial charge in [0.05, 0.1) is 18.5 Å². The van der Waals surface area contributed by atoms with Crippen LogP contribution in [0.25, 0.3) is 0 Å². The van der Waals surface area contributed by atoms with E-state index in [0.717, 1.165) is 5.69 Å². The third-order valence-electron chi connectivity index (χ3n) is 2.30. The molecule has 0 bridgehead atoms. The zero-order valence-electron chi connectivity index (χ0n) is 9.46. The van der Waals surface area contributed by atoms with Crippen molar-refractivity contribution in [2.75, 3.05) is 5.73 Å². The quantitative estimate of drug-likeness (QED) is 0.844. The maximum Gasteiger partial charge on any atom is 0.180 e. The number of carbonyl (C=O) groups is 1. The summed E-state index contributed by atoms with van der Waals surface area (Å²) in [5, 5.41) is 6.31. The predicted octanol–water partition coefficient (Wildman–Crippen LogP) is 0.691. The molecule has 17 heavy (non-hydrogen) atoms. The molecule has 0 saturated carbocycles. The lowest BCUT2D eigenvalue weighted by atomic mass is 10.2. The van der Waals surface area contributed by atoms with Gasteiger partial charge in [0.25, 0.3) is 0 Å². The Hall–Kier alpha value is -1.76. The summed E-state index contributed by atoms with van der Waals surface area (Å²) in [5.74, 6) is 0.763. The summed E-state index contributed by atoms with van der Waals surface area (Å²) in [6.07, 6.45) is 2.04. The van der Waals surface area contributed by atoms with E-state index in [1.54, 1.807) is 10.1 Å². The molecule has 0 aromatic carbocycles. The lowest BCUT2D eigenvalue weighted by Gasteiger charge is -2.01. The fourth-order valence-corrected chi connectivity index (χ4v) is 2.10. The van der Waals surface area contributed by atoms with Crippen molar-refractivity contribution in [1.29, 1.82) is 0 Å². The fourth-order valence-electron chi connectivity index (χ4n) is 1.53. The number of nitrogens with zero attached hydrogens (tertiary/aromatic N) is 4. The number of hydrogen-bond donors (Lipinski definition) is 1. The van der Waals surface area contributed by atoms with E-state index in [4.69, 9.17) is 5.73 Å². The topological polar surface area (TPSA) is 86.7 Å². The van der Waals surface area contributed by atoms with E-state index in [1.807, 2.05) is 6.92 Å². The second-order valence-electron chi connectivity index (χ2n) is 3.56. The number of hydrogen-bond acceptors (Lipinski definition) is 6. The van der Waals surface area contributed by atoms with Crippen molar-refractivity contribution in [3.63, 3.8) is 0 Å². The second kappa shape index (κ2) is 5.05. The molecule has 0 unspecified atom stereocenters. The van der Waals surface area contributed by atoms with E-state index >= 15 is 0 Å². The lowest BCUT2D eigenvalue weighted by Crippen LogP contribution is -2.12. The number of nitrogens with two attached hydrogens (primary N) is 1. The van der Waals surface area contributed by atoms with Gasteiger partial charge in [-0.2, -0.15) is 5.10 Å². The smallest absolute Gasteiger partial charge is 0.180 e. The molecular weight excluding hydrogens is 238 g/mol. The van der Waals surface area contributed by atoms with Crippen molar-refractivity contribution in [2.24, 2.45) is 0 Å². The van der Waals surface area contributed by atoms with Gasteiger partial charge in [0.15, 0.2) is 5.13 Å². The summed E-state index contributed by atoms with van der Waals surface area (Å²) >= 11 is 1.34. The van der Waals surface area contributed by atoms with Gasteiger partial charge in [-0.1, -0.05) is 0 Å². The van der Waals surface area contributed by atoms with Gasteiger partial charge >= 0.3 is 0 Å². The highest BCUT2D eigenvalue weighted by molar-refractivity contribution is 7.13. The van der Waals surface area contributed by atoms with Crippen LogP contribution in [0.1, 0.15) is 18.4 Å². The highest BCUT2D eigenvalue weighted by Crippen LogP contribution is 2.12. The molecule has 0 aliphatic rings. The normalized spacial score (nSPS) is 10.6. The summed E-state index contributed by atoms with van der Waals surface area (Å²) in [5.41, 5.74) is 6.23. The molecule has 0 radical (unpaired) electrons. The van der Waals surface area contributed by atoms with Crippen LogP contribution in [0, 0.1) is 0 Å². The Kier molecular flexibility index (Phi) is 3.48. The first-order chi connectivity index (χ1) is 8.19. The molecule has 2 aromatic rings. The number of thiazole rings is 1. The maximum absolute atomic E-state index is 11.8. The van der Waals surface area contributed by atoms with Crippen molar-refractivity contribution < 1.29 is 4.79 Å². The van der Waals surface area contributed by atoms with E-state index in [2.05, 4.69) is 15.1 Å². The molecule has 0 aliphatic carbocycles. The zero-order valence-corrected chi connectivity index (χ0v) is 10.3. The molecule has 6 nitrogen and oxygen atoms in total. The van der Waals surface area contributed by atoms with Crippen LogP contribution in [0.3, 0.4) is 0 Å². The number of aryl methyl sites for hydroxylation is 1. The number of aromatic nitrogens is 4. The summed E-state index contributed by atoms with van der Waals surface area (Å²) in [4.78, 5) is 19.9. The van der Waals surface area contributed by atoms with E-state index in [0.29, 0.717) is 23.9 Å². The van der Waals surface area contributed by atoms with Gasteiger partial charge in [0.2, 0.25) is 0 Å². The van der Waals surface area contributed by atoms with Crippen LogP contribution in [0.4, 0.5) is 5.13 Å². The van der Waals surface area contributed by atoms with Crippen LogP contribution in [-0.2, 0) is 24.2 Å². The molecule has 7 heteroatoms. The van der Waals surface area contributed by atoms with Crippen LogP contribution in [0.15, 0.2) is 11.7 Å². The molecule has 2 N–H and O–H groups in total. The van der Waals surface area contributed by atoms with E-state index in [1.165, 1.54) is 17.7 Å². The average Bonchev–Trinajstić information content (AvgIpc) is 2.87. The van der Waals surface area contributed by atoms with Gasteiger partial charge in [0, 0.05) is 11.9 Å². The summed E-state index contributed by atoms with van der Waals surface area (Å²) in [7, 11) is 0. The van der Waals surface area contributed by atoms with Crippen LogP contribution < -0.4 is 5.73 Å². The number of nitrogen functional groups attached to an aromatic ring is 1. The third-order valence-corrected chi connectivity index (χ3v) is 3.02. The zero-order chi connectivity index (χ0) is 12.3. The molecule has 0 saturated heterocycles. The first-order valence-corrected chi connectivity index (χ1v) is 6.15. The fraction of sp³-hybridized carbons (Fsp3) is 0.400. The minimum Gasteiger partial charge on any atom is -0.375 e. The van der Waals surface area contributed by atoms with Gasteiger partial charge < -0.3 is 5.73 Å². The first kappa shape index (κ1) is 11.7. The molecule has 0 fully saturated rings. The Balaban J connectivity index is 1.98. The van der Waals surface area contributed by atoms with Crippen LogP contribution in [-0.4, -0.2) is 25.5 Å². The third kappa shape index (κ3) is 2.88. The number of rotatable bonds is 5. The molecule has 2 rings (SSSR count). The highest BCUT2D eigenvalue weighted by atomic mass is 32.1. The standard InChI is InChI=1S/C10H13N5OS/c1-2-15-9(12-6-13-15)4-8(16)3-7-5-17-10(11)14-7/h5-6H,2-4H2,1H3,(H2,11,14). The molecule has 0 amide bonds. The minimum absolute atomic E-state index is 0.0676. The van der Waals surface area contributed by atoms with Gasteiger partial charge in [-0.3, -0.25) is 4.79 Å². The number of Topliss-reactive ketones (excluding diaryl/α,β-unsaturated/α-hetero) is 1. The van der Waals surface area contributed by atoms with Crippen molar-refractivity contribution in [2.45, 2.75) is 26.3 Å². The maximum atomic E-state index is 11.8. The SMILES string of the molecule is CCn1ncnc1CC(=O)Cc1csc(N)n1. The Morgan fingerprint density at radius 2 is 2.35 bits per heavy atom. The predicted molar refractivity (Wildman–Crippen MR) is 64.6 cm³/mol. The van der Waals surface area contributed by atoms with E-state index in [-0.39, 0.29) is 12.2 Å². The number of carbonyl (C=O) groups excluding carboxylic acids is 1. The van der Waals surface area contributed by atoms with Crippen molar-refractivity contribution in [3.05, 3.63) is 23.2 Å². The molecule has 0 aliphatic heterocycles. The Labute approximate surface area is 103 Å². The summed E-state index contributed by atoms with van der Waals surface area (Å²) < 4.78 is 1.72. The van der Waals surface area contributed by atoms with Gasteiger partial charge in [-0.25, -0.2) is 14.6 Å². The summed E-state index contributed by atoms with van der Waals surface area (Å²) in [6, 6.07) is 0. The monoisotopic (exact) mass is 251 g/mol. The van der Waals surface area contributed by atoms with Gasteiger partial charge in [0.1, 0.15) is 17.9 Å². The first-order valence-electron chi connectivity index (χ1n) is 5.27. The molecular formula is C10H13N5OS. The number of anilines is 1. The van der Waals surface area contributed by atoms with Crippen LogP contribution in [0.5, 0.6) is 0 Å². The molecule has 90 valence electrons. The van der Waals surface area contributed by atoms with Crippen molar-refractivity contribution >= 4 is 22.3 Å². The van der Waals surface area contributed by atoms with Crippen molar-refractivity contribution in [1.82, 2.24) is 19.7 Å². The summed E-state index contributed by atoms with van der Waals surface area (Å²) in [6.45, 7) is 2.68. The van der Waals surface area contributed by atoms with Crippen molar-refractivity contribution in [3.8, 4) is 0 Å². The highest BCUT2D eigenvalue weighted by Gasteiger charge is 2.11. The lowest BCUT2D eigenvalue weighted by molar-refractivity contribution is -0.118. The molecule has 2 heterocycles. The largest absolute Gasteiger partial charge is 0.375 e. The van der Waals surface area contributed by atoms with Crippen LogP contribution >= 0.6 is 11.3 Å². The Morgan fingerprint density at radius 3 is 3.00 bits per heavy atom. The molecule has 0 spiro atoms. The van der Waals surface area contributed by atoms with Gasteiger partial charge in [-0.15, -0.1) is 11.3 Å². The average molecular weight is 251 g/mol. The number of ketones is 1. The van der Waals surface area contributed by atoms with E-state index in [9.17, 15) is 4.79 Å². The van der Waals surface area contributed by atoms with Gasteiger partial charge in [-0.05, 0) is 6.92 Å². The Bertz CT molecular complexity index is 518. The second-order valence-corrected chi connectivity index (χ2v) is 4.45. The molecule has 0 atom stereocenters. The minimum atomic E-state index is 0.0676. The van der Waals surface area contributed by atoms with E-state index < -0.39 is 0 Å². The Morgan fingerprint density at radius 1 is 1.53 bits per heavy atom.